The van der Waals surface area contributed by atoms with Crippen LogP contribution in [0.2, 0.25) is 0 Å². The quantitative estimate of drug-likeness (QED) is 0.0996. The molecule has 0 bridgehead atoms. The van der Waals surface area contributed by atoms with Crippen molar-refractivity contribution in [2.75, 3.05) is 0 Å². The van der Waals surface area contributed by atoms with Gasteiger partial charge < -0.3 is 18.9 Å². The number of fused-ring (bicyclic) bond motifs is 5. The van der Waals surface area contributed by atoms with Crippen molar-refractivity contribution >= 4 is 86.8 Å². The summed E-state index contributed by atoms with van der Waals surface area (Å²) in [6, 6.07) is 36.6. The zero-order valence-corrected chi connectivity index (χ0v) is 39.5. The van der Waals surface area contributed by atoms with Gasteiger partial charge in [-0.05, 0) is 96.4 Å². The molecule has 0 amide bonds. The fourth-order valence-corrected chi connectivity index (χ4v) is 16.8. The molecule has 1 aliphatic carbocycles. The minimum Gasteiger partial charge on any atom is -0.483 e. The lowest BCUT2D eigenvalue weighted by Crippen LogP contribution is -2.46. The van der Waals surface area contributed by atoms with Crippen molar-refractivity contribution < 1.29 is 18.9 Å². The highest BCUT2D eigenvalue weighted by molar-refractivity contribution is 7.40. The van der Waals surface area contributed by atoms with Crippen molar-refractivity contribution in [1.82, 2.24) is 19.9 Å². The van der Waals surface area contributed by atoms with Gasteiger partial charge in [-0.2, -0.15) is 0 Å². The number of nitrogens with zero attached hydrogens (tertiary/aromatic N) is 4. The first kappa shape index (κ1) is 41.0. The second-order valence-electron chi connectivity index (χ2n) is 15.5. The molecule has 0 N–H and O–H groups in total. The average Bonchev–Trinajstić information content (AvgIpc) is 4.18. The summed E-state index contributed by atoms with van der Waals surface area (Å²) in [6.45, 7) is 6.21. The molecule has 0 fully saturated rings. The molecule has 11 rings (SSSR count). The lowest BCUT2D eigenvalue weighted by atomic mass is 9.61. The summed E-state index contributed by atoms with van der Waals surface area (Å²) in [5, 5.41) is 4.51. The molecule has 8 nitrogen and oxygen atoms in total. The number of benzene rings is 2. The van der Waals surface area contributed by atoms with Gasteiger partial charge in [-0.1, -0.05) is 24.3 Å². The summed E-state index contributed by atoms with van der Waals surface area (Å²) in [5.74, 6) is 2.71. The molecule has 0 saturated heterocycles. The van der Waals surface area contributed by atoms with E-state index in [9.17, 15) is 0 Å². The number of hydrogen-bond acceptors (Lipinski definition) is 12. The molecule has 0 saturated carbocycles. The van der Waals surface area contributed by atoms with Crippen LogP contribution < -0.4 is 18.9 Å². The van der Waals surface area contributed by atoms with Crippen LogP contribution in [0.3, 0.4) is 0 Å². The van der Waals surface area contributed by atoms with Crippen molar-refractivity contribution in [3.63, 3.8) is 0 Å². The standard InChI is InChI=1S/C50H38N4O4S6/c1-49(47-61-41-23-37(55-27-31-11-3-7-17-51-31)38(24-42(41)62-47)56-28-32-12-4-8-18-52-32)45-35(15-21-59-45)36-16-22-60-46(36)50(49,2)48-63-43-25-39(57-29-33-13-5-9-19-53-33)40(26-44(43)64-48)58-30-34-14-6-10-20-54-34/h3-26H,27-30H2,1-2H3/q+2/t49-,50+. The van der Waals surface area contributed by atoms with Crippen molar-refractivity contribution in [2.45, 2.75) is 51.1 Å². The maximum atomic E-state index is 6.51. The van der Waals surface area contributed by atoms with E-state index >= 15 is 0 Å². The first-order chi connectivity index (χ1) is 31.4. The third-order valence-electron chi connectivity index (χ3n) is 11.6. The summed E-state index contributed by atoms with van der Waals surface area (Å²) < 4.78 is 33.2. The van der Waals surface area contributed by atoms with Gasteiger partial charge in [0.15, 0.2) is 41.8 Å². The van der Waals surface area contributed by atoms with Crippen LogP contribution in [0.4, 0.5) is 0 Å². The topological polar surface area (TPSA) is 88.5 Å². The monoisotopic (exact) mass is 950 g/mol. The lowest BCUT2D eigenvalue weighted by molar-refractivity contribution is 0.252. The van der Waals surface area contributed by atoms with Crippen LogP contribution in [0.25, 0.3) is 29.9 Å². The maximum Gasteiger partial charge on any atom is 0.268 e. The minimum atomic E-state index is -0.430. The largest absolute Gasteiger partial charge is 0.483 e. The average molecular weight is 951 g/mol. The minimum absolute atomic E-state index is 0.322. The number of thiophene rings is 2. The molecule has 0 aliphatic heterocycles. The Bertz CT molecular complexity index is 2850. The van der Waals surface area contributed by atoms with Crippen molar-refractivity contribution in [1.29, 1.82) is 0 Å². The highest BCUT2D eigenvalue weighted by atomic mass is 32.2. The first-order valence-corrected chi connectivity index (χ1v) is 25.6. The predicted molar refractivity (Wildman–Crippen MR) is 263 cm³/mol. The van der Waals surface area contributed by atoms with Gasteiger partial charge in [-0.25, -0.2) is 0 Å². The molecule has 1 aliphatic rings. The molecule has 0 radical (unpaired) electrons. The third kappa shape index (κ3) is 7.51. The highest BCUT2D eigenvalue weighted by Crippen LogP contribution is 2.66. The van der Waals surface area contributed by atoms with E-state index in [1.54, 1.807) is 24.8 Å². The molecular formula is C50H38N4O4S6+2. The van der Waals surface area contributed by atoms with Crippen LogP contribution in [0, 0.1) is 0 Å². The molecular weight excluding hydrogens is 913 g/mol. The van der Waals surface area contributed by atoms with Gasteiger partial charge in [-0.3, -0.25) is 19.9 Å². The van der Waals surface area contributed by atoms with Gasteiger partial charge in [0.2, 0.25) is 0 Å². The predicted octanol–water partition coefficient (Wildman–Crippen LogP) is 14.1. The summed E-state index contributed by atoms with van der Waals surface area (Å²) in [5.41, 5.74) is 5.15. The van der Waals surface area contributed by atoms with Crippen LogP contribution in [-0.2, 0) is 37.3 Å². The molecule has 14 heteroatoms. The molecule has 10 aromatic rings. The molecule has 316 valence electrons. The molecule has 2 aromatic carbocycles. The summed E-state index contributed by atoms with van der Waals surface area (Å²) in [7, 11) is 0. The molecule has 0 spiro atoms. The summed E-state index contributed by atoms with van der Waals surface area (Å²) >= 11 is 11.1. The van der Waals surface area contributed by atoms with Crippen LogP contribution in [-0.4, -0.2) is 19.9 Å². The van der Waals surface area contributed by atoms with E-state index in [1.165, 1.54) is 29.3 Å². The van der Waals surface area contributed by atoms with Crippen molar-refractivity contribution in [3.05, 3.63) is 186 Å². The molecule has 8 aromatic heterocycles. The smallest absolute Gasteiger partial charge is 0.268 e. The molecule has 64 heavy (non-hydrogen) atoms. The second kappa shape index (κ2) is 17.3. The second-order valence-corrected chi connectivity index (χ2v) is 22.0. The van der Waals surface area contributed by atoms with Crippen molar-refractivity contribution in [3.8, 4) is 34.1 Å². The van der Waals surface area contributed by atoms with E-state index in [4.69, 9.17) is 18.9 Å². The highest BCUT2D eigenvalue weighted by Gasteiger charge is 2.64. The fourth-order valence-electron chi connectivity index (χ4n) is 8.07. The lowest BCUT2D eigenvalue weighted by Gasteiger charge is -2.42. The third-order valence-corrected chi connectivity index (χ3v) is 19.7. The van der Waals surface area contributed by atoms with Crippen LogP contribution in [0.15, 0.2) is 145 Å². The van der Waals surface area contributed by atoms with Gasteiger partial charge in [0.1, 0.15) is 37.3 Å². The normalized spacial score (nSPS) is 16.7. The van der Waals surface area contributed by atoms with Gasteiger partial charge in [0.25, 0.3) is 8.38 Å². The molecule has 0 unspecified atom stereocenters. The van der Waals surface area contributed by atoms with E-state index in [0.717, 1.165) is 41.6 Å². The Hall–Kier alpha value is -5.74. The number of rotatable bonds is 14. The van der Waals surface area contributed by atoms with Gasteiger partial charge in [0, 0.05) is 58.8 Å². The van der Waals surface area contributed by atoms with E-state index in [-0.39, 0.29) is 0 Å². The van der Waals surface area contributed by atoms with Gasteiger partial charge in [-0.15, -0.1) is 22.7 Å². The Morgan fingerprint density at radius 3 is 1.12 bits per heavy atom. The molecule has 8 heterocycles. The van der Waals surface area contributed by atoms with E-state index in [0.29, 0.717) is 49.4 Å². The maximum absolute atomic E-state index is 6.51. The van der Waals surface area contributed by atoms with Crippen LogP contribution in [0.1, 0.15) is 54.8 Å². The Labute approximate surface area is 393 Å². The van der Waals surface area contributed by atoms with Crippen LogP contribution in [0.5, 0.6) is 23.0 Å². The first-order valence-electron chi connectivity index (χ1n) is 20.5. The van der Waals surface area contributed by atoms with E-state index in [1.807, 2.05) is 141 Å². The van der Waals surface area contributed by atoms with E-state index in [2.05, 4.69) is 80.9 Å². The summed E-state index contributed by atoms with van der Waals surface area (Å²) in [4.78, 5) is 20.8. The number of ether oxygens (including phenoxy) is 4. The van der Waals surface area contributed by atoms with Gasteiger partial charge >= 0.3 is 0 Å². The van der Waals surface area contributed by atoms with Crippen LogP contribution >= 0.6 is 68.0 Å². The Balaban J connectivity index is 1.02. The number of hydrogen-bond donors (Lipinski definition) is 0. The molecule has 2 atom stereocenters. The number of pyridine rings is 4. The van der Waals surface area contributed by atoms with Crippen molar-refractivity contribution in [2.24, 2.45) is 0 Å². The zero-order chi connectivity index (χ0) is 43.1. The zero-order valence-electron chi connectivity index (χ0n) is 34.6. The number of aromatic nitrogens is 4. The fraction of sp³-hybridized carbons (Fsp3) is 0.160. The van der Waals surface area contributed by atoms with Gasteiger partial charge in [0.05, 0.1) is 68.1 Å². The Kier molecular flexibility index (Phi) is 11.1. The SMILES string of the molecule is C[C@]1(c2sc3cc(OCc4ccccn4)c(OCc4ccccn4)cc3[s+]2)c2sccc2-c2ccsc2[C@@]1(C)c1sc2cc(OCc3ccccn3)c(OCc3ccccn3)cc2[s+]1. The Morgan fingerprint density at radius 2 is 0.797 bits per heavy atom. The van der Waals surface area contributed by atoms with E-state index < -0.39 is 10.8 Å². The Morgan fingerprint density at radius 1 is 0.453 bits per heavy atom. The summed E-state index contributed by atoms with van der Waals surface area (Å²) in [6.07, 6.45) is 7.16.